The van der Waals surface area contributed by atoms with Crippen molar-refractivity contribution in [1.82, 2.24) is 25.6 Å². The van der Waals surface area contributed by atoms with Crippen molar-refractivity contribution < 1.29 is 32.8 Å². The number of oxazole rings is 2. The second-order valence-electron chi connectivity index (χ2n) is 15.7. The average Bonchev–Trinajstić information content (AvgIpc) is 3.97. The molecule has 13 nitrogen and oxygen atoms in total. The number of aromatic hydroxyl groups is 1. The third-order valence-corrected chi connectivity index (χ3v) is 13.7. The minimum atomic E-state index is -1.48. The number of aromatic amines is 1. The SMILES string of the molecule is CC(C)C(N)C(=O)NC1Cc2ccc(O)c(c2)C23c4cccc(c4OC2SCCSO)-c2cccc4[nH]c(Cl)c(c24)-c2oc(nc2Cl)-c2nc(oc23)C(C(C)C)NC1=O. The van der Waals surface area contributed by atoms with Crippen molar-refractivity contribution in [3.8, 4) is 45.5 Å². The average molecular weight is 876 g/mol. The van der Waals surface area contributed by atoms with E-state index in [-0.39, 0.29) is 63.3 Å². The predicted octanol–water partition coefficient (Wildman–Crippen LogP) is 8.30. The number of H-pyrrole nitrogens is 1. The van der Waals surface area contributed by atoms with Crippen LogP contribution in [0.25, 0.3) is 44.9 Å². The molecule has 7 N–H and O–H groups in total. The lowest BCUT2D eigenvalue weighted by molar-refractivity contribution is -0.130. The van der Waals surface area contributed by atoms with Crippen LogP contribution in [0.3, 0.4) is 0 Å². The molecule has 6 aromatic rings. The van der Waals surface area contributed by atoms with Gasteiger partial charge in [-0.2, -0.15) is 4.98 Å². The number of fused-ring (bicyclic) bond motifs is 8. The number of nitrogens with zero attached hydrogens (tertiary/aromatic N) is 2. The van der Waals surface area contributed by atoms with Gasteiger partial charge in [0, 0.05) is 45.5 Å². The number of thioether (sulfide) groups is 1. The fraction of sp³-hybridized carbons (Fsp3) is 0.333. The van der Waals surface area contributed by atoms with E-state index in [9.17, 15) is 19.2 Å². The Balaban J connectivity index is 1.41. The lowest BCUT2D eigenvalue weighted by Crippen LogP contribution is -2.54. The Hall–Kier alpha value is -4.64. The molecule has 5 atom stereocenters. The van der Waals surface area contributed by atoms with Crippen molar-refractivity contribution in [2.75, 3.05) is 11.5 Å². The number of nitrogens with one attached hydrogen (secondary N) is 3. The summed E-state index contributed by atoms with van der Waals surface area (Å²) < 4.78 is 30.7. The van der Waals surface area contributed by atoms with Gasteiger partial charge in [0.05, 0.1) is 11.6 Å². The zero-order valence-corrected chi connectivity index (χ0v) is 35.4. The number of ether oxygens (including phenoxy) is 1. The highest BCUT2D eigenvalue weighted by Gasteiger charge is 2.59. The highest BCUT2D eigenvalue weighted by Crippen LogP contribution is 2.62. The van der Waals surface area contributed by atoms with Crippen LogP contribution in [0.5, 0.6) is 11.5 Å². The maximum atomic E-state index is 14.4. The summed E-state index contributed by atoms with van der Waals surface area (Å²) in [5, 5.41) is 19.3. The molecule has 3 aliphatic rings. The first-order chi connectivity index (χ1) is 28.3. The van der Waals surface area contributed by atoms with E-state index in [2.05, 4.69) is 15.6 Å². The van der Waals surface area contributed by atoms with Gasteiger partial charge in [0.2, 0.25) is 17.7 Å². The van der Waals surface area contributed by atoms with E-state index in [4.69, 9.17) is 52.5 Å². The molecule has 6 heterocycles. The van der Waals surface area contributed by atoms with Crippen LogP contribution in [0.4, 0.5) is 0 Å². The topological polar surface area (TPSA) is 202 Å². The van der Waals surface area contributed by atoms with Gasteiger partial charge in [0.15, 0.2) is 27.8 Å². The van der Waals surface area contributed by atoms with E-state index in [0.717, 1.165) is 22.0 Å². The highest BCUT2D eigenvalue weighted by atomic mass is 35.5. The number of para-hydroxylation sites is 1. The zero-order chi connectivity index (χ0) is 41.5. The number of rotatable bonds is 8. The fourth-order valence-electron chi connectivity index (χ4n) is 8.39. The summed E-state index contributed by atoms with van der Waals surface area (Å²) in [5.41, 5.74) is 8.46. The fourth-order valence-corrected chi connectivity index (χ4v) is 10.6. The van der Waals surface area contributed by atoms with E-state index in [1.165, 1.54) is 11.8 Å². The number of phenols is 1. The molecule has 306 valence electrons. The number of phenolic OH excluding ortho intramolecular Hbond substituents is 1. The number of carbonyl (C=O) groups is 2. The molecule has 0 radical (unpaired) electrons. The Morgan fingerprint density at radius 1 is 1.05 bits per heavy atom. The number of amides is 2. The van der Waals surface area contributed by atoms with Crippen molar-refractivity contribution in [2.24, 2.45) is 17.6 Å². The third kappa shape index (κ3) is 6.31. The first kappa shape index (κ1) is 39.8. The van der Waals surface area contributed by atoms with Crippen LogP contribution < -0.4 is 21.1 Å². The monoisotopic (exact) mass is 874 g/mol. The summed E-state index contributed by atoms with van der Waals surface area (Å²) in [7, 11) is 0. The summed E-state index contributed by atoms with van der Waals surface area (Å²) in [6, 6.07) is 13.9. The molecule has 3 aromatic carbocycles. The maximum Gasteiger partial charge on any atom is 0.250 e. The van der Waals surface area contributed by atoms with E-state index < -0.39 is 40.8 Å². The lowest BCUT2D eigenvalue weighted by Gasteiger charge is -2.34. The Morgan fingerprint density at radius 2 is 1.83 bits per heavy atom. The van der Waals surface area contributed by atoms with Crippen LogP contribution in [0.2, 0.25) is 10.3 Å². The summed E-state index contributed by atoms with van der Waals surface area (Å²) in [4.78, 5) is 40.9. The maximum absolute atomic E-state index is 14.4. The van der Waals surface area contributed by atoms with Crippen molar-refractivity contribution in [3.63, 3.8) is 0 Å². The minimum absolute atomic E-state index is 0.00396. The molecule has 0 fully saturated rings. The smallest absolute Gasteiger partial charge is 0.250 e. The number of halogens is 2. The number of aromatic nitrogens is 3. The van der Waals surface area contributed by atoms with E-state index in [0.29, 0.717) is 51.6 Å². The van der Waals surface area contributed by atoms with Crippen LogP contribution in [-0.4, -0.2) is 65.5 Å². The molecule has 3 aromatic heterocycles. The number of benzene rings is 3. The number of carbonyl (C=O) groups excluding carboxylic acids is 2. The molecular weight excluding hydrogens is 836 g/mol. The van der Waals surface area contributed by atoms with Crippen molar-refractivity contribution in [2.45, 2.75) is 63.1 Å². The summed E-state index contributed by atoms with van der Waals surface area (Å²) in [6.07, 6.45) is 0.0558. The van der Waals surface area contributed by atoms with Gasteiger partial charge >= 0.3 is 0 Å². The Labute approximate surface area is 357 Å². The molecule has 2 amide bonds. The molecule has 0 saturated carbocycles. The molecule has 3 aliphatic heterocycles. The molecule has 0 aliphatic carbocycles. The molecule has 17 heteroatoms. The standard InChI is InChI=1S/C42H40Cl2N6O7S2/c1-17(2)29(45)38(53)47-25-16-19-11-12-26(51)23(15-19)42-22-9-5-8-21(32(22)56-41(42)58-13-14-59-54)20-7-6-10-24-27(20)28(35(43)46-24)33-36(44)50-40(55-33)31-34(42)57-39(49-31)30(18(3)4)48-37(25)52/h5-12,15,17-18,25,29-30,41,46,51,54H,13-14,16,45H2,1-4H3,(H,47,53)(H,48,52). The predicted molar refractivity (Wildman–Crippen MR) is 229 cm³/mol. The van der Waals surface area contributed by atoms with E-state index in [1.54, 1.807) is 12.1 Å². The van der Waals surface area contributed by atoms with Crippen molar-refractivity contribution in [1.29, 1.82) is 0 Å². The van der Waals surface area contributed by atoms with Crippen LogP contribution in [0, 0.1) is 11.8 Å². The van der Waals surface area contributed by atoms with Gasteiger partial charge < -0.3 is 44.6 Å². The first-order valence-electron chi connectivity index (χ1n) is 19.2. The summed E-state index contributed by atoms with van der Waals surface area (Å²) >= 11 is 16.1. The zero-order valence-electron chi connectivity index (χ0n) is 32.3. The molecule has 1 spiro atoms. The van der Waals surface area contributed by atoms with Gasteiger partial charge in [0.25, 0.3) is 5.89 Å². The Kier molecular flexibility index (Phi) is 10.2. The molecular formula is C42H40Cl2N6O7S2. The largest absolute Gasteiger partial charge is 0.508 e. The minimum Gasteiger partial charge on any atom is -0.508 e. The normalized spacial score (nSPS) is 21.0. The number of nitrogens with two attached hydrogens (primary N) is 1. The van der Waals surface area contributed by atoms with Gasteiger partial charge in [-0.1, -0.05) is 93.4 Å². The second-order valence-corrected chi connectivity index (χ2v) is 18.2. The molecule has 5 unspecified atom stereocenters. The molecule has 0 saturated heterocycles. The first-order valence-corrected chi connectivity index (χ1v) is 21.9. The van der Waals surface area contributed by atoms with E-state index >= 15 is 0 Å². The van der Waals surface area contributed by atoms with Gasteiger partial charge in [-0.3, -0.25) is 9.59 Å². The van der Waals surface area contributed by atoms with Gasteiger partial charge in [0.1, 0.15) is 34.2 Å². The second kappa shape index (κ2) is 15.1. The van der Waals surface area contributed by atoms with Gasteiger partial charge in [-0.25, -0.2) is 4.98 Å². The number of hydrogen-bond acceptors (Lipinski definition) is 12. The van der Waals surface area contributed by atoms with Gasteiger partial charge in [-0.05, 0) is 47.1 Å². The quantitative estimate of drug-likeness (QED) is 0.0632. The highest BCUT2D eigenvalue weighted by molar-refractivity contribution is 8.01. The van der Waals surface area contributed by atoms with Crippen LogP contribution in [0.15, 0.2) is 63.4 Å². The van der Waals surface area contributed by atoms with Crippen LogP contribution in [-0.2, 0) is 21.4 Å². The third-order valence-electron chi connectivity index (χ3n) is 11.4. The van der Waals surface area contributed by atoms with Crippen molar-refractivity contribution >= 4 is 69.7 Å². The Bertz CT molecular complexity index is 2660. The molecule has 10 bridgehead atoms. The molecule has 59 heavy (non-hydrogen) atoms. The van der Waals surface area contributed by atoms with Gasteiger partial charge in [-0.15, -0.1) is 11.8 Å². The van der Waals surface area contributed by atoms with Crippen molar-refractivity contribution in [3.05, 3.63) is 93.2 Å². The lowest BCUT2D eigenvalue weighted by atomic mass is 9.71. The Morgan fingerprint density at radius 3 is 2.59 bits per heavy atom. The summed E-state index contributed by atoms with van der Waals surface area (Å²) in [5.74, 6) is 0.358. The van der Waals surface area contributed by atoms with Crippen LogP contribution in [0.1, 0.15) is 62.1 Å². The summed E-state index contributed by atoms with van der Waals surface area (Å²) in [6.45, 7) is 7.50. The number of hydrogen-bond donors (Lipinski definition) is 6. The van der Waals surface area contributed by atoms with E-state index in [1.807, 2.05) is 70.2 Å². The van der Waals surface area contributed by atoms with Crippen LogP contribution >= 0.6 is 47.0 Å². The molecule has 9 rings (SSSR count).